The minimum atomic E-state index is -4.78. The third kappa shape index (κ3) is 3.95. The van der Waals surface area contributed by atoms with Crippen molar-refractivity contribution in [3.05, 3.63) is 53.8 Å². The zero-order chi connectivity index (χ0) is 15.6. The van der Waals surface area contributed by atoms with E-state index >= 15 is 0 Å². The van der Waals surface area contributed by atoms with Crippen molar-refractivity contribution < 1.29 is 27.1 Å². The Morgan fingerprint density at radius 2 is 1.62 bits per heavy atom. The van der Waals surface area contributed by atoms with E-state index in [4.69, 9.17) is 5.73 Å². The maximum atomic E-state index is 13.4. The first-order chi connectivity index (χ1) is 9.74. The molecular formula is C14H9F4NO2. The largest absolute Gasteiger partial charge is 0.573 e. The van der Waals surface area contributed by atoms with Crippen molar-refractivity contribution in [2.75, 3.05) is 0 Å². The summed E-state index contributed by atoms with van der Waals surface area (Å²) in [4.78, 5) is 11.1. The highest BCUT2D eigenvalue weighted by Gasteiger charge is 2.30. The van der Waals surface area contributed by atoms with Crippen molar-refractivity contribution in [2.45, 2.75) is 6.36 Å². The second-order valence-electron chi connectivity index (χ2n) is 4.17. The molecule has 0 heterocycles. The Hall–Kier alpha value is -2.57. The van der Waals surface area contributed by atoms with Crippen molar-refractivity contribution in [3.63, 3.8) is 0 Å². The molecule has 2 rings (SSSR count). The van der Waals surface area contributed by atoms with Crippen LogP contribution < -0.4 is 10.5 Å². The van der Waals surface area contributed by atoms with Crippen LogP contribution in [0, 0.1) is 5.82 Å². The van der Waals surface area contributed by atoms with Crippen LogP contribution in [0.25, 0.3) is 11.1 Å². The standard InChI is InChI=1S/C14H9F4NO2/c15-11-6-9(5-10(7-11)13(19)20)8-1-3-12(4-2-8)21-14(16,17)18/h1-7H,(H2,19,20). The first-order valence-electron chi connectivity index (χ1n) is 5.71. The second-order valence-corrected chi connectivity index (χ2v) is 4.17. The summed E-state index contributed by atoms with van der Waals surface area (Å²) in [6, 6.07) is 8.31. The van der Waals surface area contributed by atoms with Gasteiger partial charge in [-0.3, -0.25) is 4.79 Å². The monoisotopic (exact) mass is 299 g/mol. The van der Waals surface area contributed by atoms with Gasteiger partial charge in [0, 0.05) is 5.56 Å². The molecule has 2 N–H and O–H groups in total. The van der Waals surface area contributed by atoms with Crippen molar-refractivity contribution in [2.24, 2.45) is 5.73 Å². The number of halogens is 4. The molecule has 0 aromatic heterocycles. The van der Waals surface area contributed by atoms with Crippen LogP contribution in [0.4, 0.5) is 17.6 Å². The molecule has 2 aromatic rings. The molecule has 21 heavy (non-hydrogen) atoms. The molecule has 7 heteroatoms. The van der Waals surface area contributed by atoms with E-state index in [0.29, 0.717) is 11.1 Å². The highest BCUT2D eigenvalue weighted by atomic mass is 19.4. The van der Waals surface area contributed by atoms with Gasteiger partial charge in [0.1, 0.15) is 11.6 Å². The molecule has 0 atom stereocenters. The van der Waals surface area contributed by atoms with Gasteiger partial charge in [-0.1, -0.05) is 12.1 Å². The summed E-state index contributed by atoms with van der Waals surface area (Å²) in [7, 11) is 0. The fourth-order valence-corrected chi connectivity index (χ4v) is 1.75. The highest BCUT2D eigenvalue weighted by molar-refractivity contribution is 5.94. The number of alkyl halides is 3. The lowest BCUT2D eigenvalue weighted by molar-refractivity contribution is -0.274. The van der Waals surface area contributed by atoms with E-state index in [1.165, 1.54) is 18.2 Å². The average Bonchev–Trinajstić information content (AvgIpc) is 2.37. The first kappa shape index (κ1) is 14.8. The lowest BCUT2D eigenvalue weighted by Crippen LogP contribution is -2.16. The Morgan fingerprint density at radius 1 is 1.00 bits per heavy atom. The third-order valence-corrected chi connectivity index (χ3v) is 2.60. The molecule has 0 saturated heterocycles. The topological polar surface area (TPSA) is 52.3 Å². The van der Waals surface area contributed by atoms with E-state index in [0.717, 1.165) is 24.3 Å². The SMILES string of the molecule is NC(=O)c1cc(F)cc(-c2ccc(OC(F)(F)F)cc2)c1. The van der Waals surface area contributed by atoms with E-state index < -0.39 is 23.8 Å². The molecular weight excluding hydrogens is 290 g/mol. The number of hydrogen-bond donors (Lipinski definition) is 1. The molecule has 0 aliphatic rings. The minimum absolute atomic E-state index is 0.0272. The highest BCUT2D eigenvalue weighted by Crippen LogP contribution is 2.27. The molecule has 0 saturated carbocycles. The van der Waals surface area contributed by atoms with Crippen molar-refractivity contribution in [3.8, 4) is 16.9 Å². The molecule has 0 unspecified atom stereocenters. The Labute approximate surface area is 116 Å². The molecule has 0 radical (unpaired) electrons. The molecule has 0 bridgehead atoms. The van der Waals surface area contributed by atoms with Crippen LogP contribution in [-0.4, -0.2) is 12.3 Å². The number of hydrogen-bond acceptors (Lipinski definition) is 2. The number of carbonyl (C=O) groups is 1. The molecule has 0 aliphatic heterocycles. The minimum Gasteiger partial charge on any atom is -0.406 e. The maximum Gasteiger partial charge on any atom is 0.573 e. The summed E-state index contributed by atoms with van der Waals surface area (Å²) >= 11 is 0. The fourth-order valence-electron chi connectivity index (χ4n) is 1.75. The van der Waals surface area contributed by atoms with Crippen LogP contribution in [-0.2, 0) is 0 Å². The lowest BCUT2D eigenvalue weighted by atomic mass is 10.0. The van der Waals surface area contributed by atoms with Gasteiger partial charge in [0.25, 0.3) is 0 Å². The maximum absolute atomic E-state index is 13.4. The van der Waals surface area contributed by atoms with Crippen LogP contribution in [0.5, 0.6) is 5.75 Å². The van der Waals surface area contributed by atoms with Gasteiger partial charge >= 0.3 is 6.36 Å². The summed E-state index contributed by atoms with van der Waals surface area (Å²) < 4.78 is 53.2. The molecule has 1 amide bonds. The van der Waals surface area contributed by atoms with E-state index in [-0.39, 0.29) is 5.56 Å². The Bertz CT molecular complexity index is 666. The Balaban J connectivity index is 2.32. The molecule has 0 spiro atoms. The molecule has 2 aromatic carbocycles. The Kier molecular flexibility index (Phi) is 3.84. The average molecular weight is 299 g/mol. The quantitative estimate of drug-likeness (QED) is 0.882. The number of nitrogens with two attached hydrogens (primary N) is 1. The van der Waals surface area contributed by atoms with Crippen LogP contribution in [0.15, 0.2) is 42.5 Å². The first-order valence-corrected chi connectivity index (χ1v) is 5.71. The molecule has 0 aliphatic carbocycles. The van der Waals surface area contributed by atoms with Crippen molar-refractivity contribution in [1.29, 1.82) is 0 Å². The summed E-state index contributed by atoms with van der Waals surface area (Å²) in [6.45, 7) is 0. The van der Waals surface area contributed by atoms with E-state index in [9.17, 15) is 22.4 Å². The van der Waals surface area contributed by atoms with Gasteiger partial charge in [-0.05, 0) is 41.5 Å². The molecule has 3 nitrogen and oxygen atoms in total. The summed E-state index contributed by atoms with van der Waals surface area (Å²) in [5, 5.41) is 0. The number of amides is 1. The summed E-state index contributed by atoms with van der Waals surface area (Å²) in [5.41, 5.74) is 5.79. The smallest absolute Gasteiger partial charge is 0.406 e. The van der Waals surface area contributed by atoms with E-state index in [1.54, 1.807) is 0 Å². The number of rotatable bonds is 3. The van der Waals surface area contributed by atoms with Gasteiger partial charge < -0.3 is 10.5 Å². The third-order valence-electron chi connectivity index (χ3n) is 2.60. The number of benzene rings is 2. The number of carbonyl (C=O) groups excluding carboxylic acids is 1. The van der Waals surface area contributed by atoms with Crippen molar-refractivity contribution >= 4 is 5.91 Å². The normalized spacial score (nSPS) is 11.2. The number of primary amides is 1. The van der Waals surface area contributed by atoms with Gasteiger partial charge in [-0.15, -0.1) is 13.2 Å². The number of ether oxygens (including phenoxy) is 1. The lowest BCUT2D eigenvalue weighted by Gasteiger charge is -2.09. The van der Waals surface area contributed by atoms with Gasteiger partial charge in [0.15, 0.2) is 0 Å². The van der Waals surface area contributed by atoms with Crippen molar-refractivity contribution in [1.82, 2.24) is 0 Å². The van der Waals surface area contributed by atoms with Crippen LogP contribution in [0.3, 0.4) is 0 Å². The van der Waals surface area contributed by atoms with Gasteiger partial charge in [-0.2, -0.15) is 0 Å². The summed E-state index contributed by atoms with van der Waals surface area (Å²) in [5.74, 6) is -1.86. The Morgan fingerprint density at radius 3 is 2.14 bits per heavy atom. The van der Waals surface area contributed by atoms with Crippen LogP contribution >= 0.6 is 0 Å². The zero-order valence-electron chi connectivity index (χ0n) is 10.4. The summed E-state index contributed by atoms with van der Waals surface area (Å²) in [6.07, 6.45) is -4.78. The van der Waals surface area contributed by atoms with Gasteiger partial charge in [-0.25, -0.2) is 4.39 Å². The van der Waals surface area contributed by atoms with Gasteiger partial charge in [0.2, 0.25) is 5.91 Å². The molecule has 110 valence electrons. The van der Waals surface area contributed by atoms with Crippen LogP contribution in [0.1, 0.15) is 10.4 Å². The predicted octanol–water partition coefficient (Wildman–Crippen LogP) is 3.49. The molecule has 0 fully saturated rings. The zero-order valence-corrected chi connectivity index (χ0v) is 10.4. The van der Waals surface area contributed by atoms with Gasteiger partial charge in [0.05, 0.1) is 0 Å². The predicted molar refractivity (Wildman–Crippen MR) is 67.0 cm³/mol. The van der Waals surface area contributed by atoms with E-state index in [2.05, 4.69) is 4.74 Å². The fraction of sp³-hybridized carbons (Fsp3) is 0.0714. The van der Waals surface area contributed by atoms with Crippen LogP contribution in [0.2, 0.25) is 0 Å². The van der Waals surface area contributed by atoms with E-state index in [1.807, 2.05) is 0 Å². The second kappa shape index (κ2) is 5.43.